The van der Waals surface area contributed by atoms with E-state index >= 15 is 0 Å². The van der Waals surface area contributed by atoms with Gasteiger partial charge in [0.05, 0.1) is 0 Å². The highest BCUT2D eigenvalue weighted by Gasteiger charge is 2.30. The summed E-state index contributed by atoms with van der Waals surface area (Å²) in [6.45, 7) is 1.67. The second kappa shape index (κ2) is 3.03. The molecule has 0 aromatic heterocycles. The lowest BCUT2D eigenvalue weighted by atomic mass is 10.2. The highest BCUT2D eigenvalue weighted by molar-refractivity contribution is 7.82. The molecule has 7 heteroatoms. The van der Waals surface area contributed by atoms with Gasteiger partial charge in [0.25, 0.3) is 0 Å². The Kier molecular flexibility index (Phi) is 2.30. The van der Waals surface area contributed by atoms with Crippen LogP contribution >= 0.6 is 0 Å². The molecule has 0 spiro atoms. The lowest BCUT2D eigenvalue weighted by Gasteiger charge is -2.00. The first-order valence-electron chi connectivity index (χ1n) is 3.52. The Morgan fingerprint density at radius 2 is 1.93 bits per heavy atom. The molecule has 6 nitrogen and oxygen atoms in total. The number of benzene rings is 1. The molecule has 1 aromatic rings. The lowest BCUT2D eigenvalue weighted by molar-refractivity contribution is 0.436. The Labute approximate surface area is 80.9 Å². The zero-order valence-corrected chi connectivity index (χ0v) is 8.09. The fourth-order valence-corrected chi connectivity index (χ4v) is 1.88. The number of fused-ring (bicyclic) bond motifs is 1. The molecule has 0 radical (unpaired) electrons. The zero-order valence-electron chi connectivity index (χ0n) is 7.27. The Bertz CT molecular complexity index is 467. The summed E-state index contributed by atoms with van der Waals surface area (Å²) < 4.78 is 30.8. The summed E-state index contributed by atoms with van der Waals surface area (Å²) in [7, 11) is -3.90. The molecule has 4 N–H and O–H groups in total. The van der Waals surface area contributed by atoms with Gasteiger partial charge in [-0.1, -0.05) is 0 Å². The summed E-state index contributed by atoms with van der Waals surface area (Å²) in [4.78, 5) is 0. The average Bonchev–Trinajstić information content (AvgIpc) is 2.34. The van der Waals surface area contributed by atoms with Crippen molar-refractivity contribution in [1.29, 1.82) is 0 Å². The van der Waals surface area contributed by atoms with E-state index < -0.39 is 10.4 Å². The second-order valence-electron chi connectivity index (χ2n) is 2.68. The van der Waals surface area contributed by atoms with Crippen LogP contribution in [0.1, 0.15) is 5.56 Å². The van der Waals surface area contributed by atoms with Crippen molar-refractivity contribution in [3.05, 3.63) is 17.7 Å². The molecule has 0 unspecified atom stereocenters. The highest BCUT2D eigenvalue weighted by Crippen LogP contribution is 2.40. The Hall–Kier alpha value is -1.47. The summed E-state index contributed by atoms with van der Waals surface area (Å²) in [5.74, 6) is 0.367. The zero-order chi connectivity index (χ0) is 9.64. The van der Waals surface area contributed by atoms with Gasteiger partial charge in [-0.3, -0.25) is 0 Å². The van der Waals surface area contributed by atoms with Gasteiger partial charge in [-0.25, -0.2) is 0 Å². The van der Waals surface area contributed by atoms with Crippen molar-refractivity contribution >= 4 is 16.1 Å². The van der Waals surface area contributed by atoms with E-state index in [0.717, 1.165) is 0 Å². The molecule has 0 aliphatic carbocycles. The van der Waals surface area contributed by atoms with Crippen molar-refractivity contribution in [1.82, 2.24) is 0 Å². The standard InChI is InChI=1S/C7H7NO4S.H2O/c1-4-5(8)2-3-6-7(4)12-13(9,10)11-6;/h2-3H,8H2,1H3;1H2. The molecule has 1 heterocycles. The molecular weight excluding hydrogens is 210 g/mol. The van der Waals surface area contributed by atoms with E-state index in [9.17, 15) is 8.42 Å². The van der Waals surface area contributed by atoms with Crippen molar-refractivity contribution in [2.24, 2.45) is 0 Å². The summed E-state index contributed by atoms with van der Waals surface area (Å²) >= 11 is 0. The number of nitrogen functional groups attached to an aromatic ring is 1. The van der Waals surface area contributed by atoms with Crippen molar-refractivity contribution in [2.75, 3.05) is 5.73 Å². The molecule has 0 bridgehead atoms. The molecule has 78 valence electrons. The van der Waals surface area contributed by atoms with Crippen molar-refractivity contribution < 1.29 is 22.3 Å². The number of nitrogens with two attached hydrogens (primary N) is 1. The van der Waals surface area contributed by atoms with E-state index in [1.807, 2.05) is 0 Å². The average molecular weight is 219 g/mol. The monoisotopic (exact) mass is 219 g/mol. The maximum absolute atomic E-state index is 10.9. The first kappa shape index (κ1) is 10.6. The van der Waals surface area contributed by atoms with Gasteiger partial charge >= 0.3 is 10.4 Å². The summed E-state index contributed by atoms with van der Waals surface area (Å²) in [5.41, 5.74) is 6.59. The van der Waals surface area contributed by atoms with Crippen LogP contribution in [-0.2, 0) is 10.4 Å². The number of hydrogen-bond acceptors (Lipinski definition) is 5. The van der Waals surface area contributed by atoms with Gasteiger partial charge in [-0.15, -0.1) is 8.42 Å². The first-order chi connectivity index (χ1) is 5.99. The van der Waals surface area contributed by atoms with E-state index in [0.29, 0.717) is 11.3 Å². The van der Waals surface area contributed by atoms with Crippen LogP contribution in [0.3, 0.4) is 0 Å². The smallest absolute Gasteiger partial charge is 0.412 e. The van der Waals surface area contributed by atoms with Crippen LogP contribution in [-0.4, -0.2) is 13.9 Å². The van der Waals surface area contributed by atoms with Crippen LogP contribution in [0.4, 0.5) is 5.69 Å². The summed E-state index contributed by atoms with van der Waals surface area (Å²) in [5, 5.41) is 0. The second-order valence-corrected chi connectivity index (χ2v) is 3.83. The third kappa shape index (κ3) is 1.47. The van der Waals surface area contributed by atoms with Crippen LogP contribution in [0.15, 0.2) is 12.1 Å². The van der Waals surface area contributed by atoms with Gasteiger partial charge in [-0.05, 0) is 19.1 Å². The minimum absolute atomic E-state index is 0. The van der Waals surface area contributed by atoms with Gasteiger partial charge in [0.1, 0.15) is 0 Å². The molecule has 0 amide bonds. The molecule has 1 aliphatic heterocycles. The van der Waals surface area contributed by atoms with Crippen molar-refractivity contribution in [3.8, 4) is 11.5 Å². The molecule has 1 aromatic carbocycles. The fourth-order valence-electron chi connectivity index (χ4n) is 1.08. The quantitative estimate of drug-likeness (QED) is 0.606. The number of hydrogen-bond donors (Lipinski definition) is 1. The SMILES string of the molecule is Cc1c(N)ccc2c1OS(=O)(=O)O2.O. The molecule has 0 atom stereocenters. The lowest BCUT2D eigenvalue weighted by Crippen LogP contribution is -2.08. The fraction of sp³-hybridized carbons (Fsp3) is 0.143. The molecule has 1 aliphatic rings. The molecule has 14 heavy (non-hydrogen) atoms. The van der Waals surface area contributed by atoms with E-state index in [4.69, 9.17) is 5.73 Å². The normalized spacial score (nSPS) is 16.1. The van der Waals surface area contributed by atoms with E-state index in [-0.39, 0.29) is 17.0 Å². The first-order valence-corrected chi connectivity index (χ1v) is 4.86. The predicted molar refractivity (Wildman–Crippen MR) is 49.4 cm³/mol. The maximum Gasteiger partial charge on any atom is 0.501 e. The van der Waals surface area contributed by atoms with Crippen LogP contribution in [0, 0.1) is 6.92 Å². The third-order valence-electron chi connectivity index (χ3n) is 1.79. The number of rotatable bonds is 0. The summed E-state index contributed by atoms with van der Waals surface area (Å²) in [6, 6.07) is 3.03. The topological polar surface area (TPSA) is 110 Å². The molecular formula is C7H9NO5S. The maximum atomic E-state index is 10.9. The minimum atomic E-state index is -3.90. The molecule has 0 saturated heterocycles. The van der Waals surface area contributed by atoms with Gasteiger partial charge in [0.2, 0.25) is 0 Å². The molecule has 0 fully saturated rings. The molecule has 2 rings (SSSR count). The van der Waals surface area contributed by atoms with Gasteiger partial charge in [0.15, 0.2) is 11.5 Å². The number of anilines is 1. The van der Waals surface area contributed by atoms with Gasteiger partial charge in [0, 0.05) is 11.3 Å². The molecule has 0 saturated carbocycles. The van der Waals surface area contributed by atoms with Crippen molar-refractivity contribution in [2.45, 2.75) is 6.92 Å². The minimum Gasteiger partial charge on any atom is -0.412 e. The Morgan fingerprint density at radius 1 is 1.29 bits per heavy atom. The van der Waals surface area contributed by atoms with Crippen LogP contribution in [0.2, 0.25) is 0 Å². The third-order valence-corrected chi connectivity index (χ3v) is 2.54. The van der Waals surface area contributed by atoms with Crippen molar-refractivity contribution in [3.63, 3.8) is 0 Å². The largest absolute Gasteiger partial charge is 0.501 e. The van der Waals surface area contributed by atoms with Crippen LogP contribution in [0.5, 0.6) is 11.5 Å². The summed E-state index contributed by atoms with van der Waals surface area (Å²) in [6.07, 6.45) is 0. The van der Waals surface area contributed by atoms with E-state index in [1.54, 1.807) is 13.0 Å². The van der Waals surface area contributed by atoms with Gasteiger partial charge in [-0.2, -0.15) is 0 Å². The van der Waals surface area contributed by atoms with Crippen LogP contribution < -0.4 is 14.1 Å². The predicted octanol–water partition coefficient (Wildman–Crippen LogP) is -0.231. The van der Waals surface area contributed by atoms with E-state index in [1.165, 1.54) is 6.07 Å². The van der Waals surface area contributed by atoms with Gasteiger partial charge < -0.3 is 19.6 Å². The Balaban J connectivity index is 0.000000980. The van der Waals surface area contributed by atoms with E-state index in [2.05, 4.69) is 8.37 Å². The highest BCUT2D eigenvalue weighted by atomic mass is 32.3. The Morgan fingerprint density at radius 3 is 2.57 bits per heavy atom. The van der Waals surface area contributed by atoms with Crippen LogP contribution in [0.25, 0.3) is 0 Å².